The number of nitrogens with one attached hydrogen (secondary N) is 2. The summed E-state index contributed by atoms with van der Waals surface area (Å²) in [5, 5.41) is 0. The summed E-state index contributed by atoms with van der Waals surface area (Å²) in [4.78, 5) is 34.3. The number of carbonyl (C=O) groups excluding carboxylic acids is 3. The van der Waals surface area contributed by atoms with Crippen molar-refractivity contribution in [2.24, 2.45) is 0 Å². The fourth-order valence-corrected chi connectivity index (χ4v) is 1.60. The van der Waals surface area contributed by atoms with Gasteiger partial charge in [-0.15, -0.1) is 0 Å². The normalized spacial score (nSPS) is 9.81. The standard InChI is InChI=1S/C15H20N2O4/c1-3-11-5-7-12(8-6-11)15(20)17-16-13(18)9-10-14(19)21-4-2/h5-8H,3-4,9-10H2,1-2H3,(H,16,18)(H,17,20). The number of hydrazine groups is 1. The Morgan fingerprint density at radius 3 is 2.24 bits per heavy atom. The van der Waals surface area contributed by atoms with Gasteiger partial charge in [-0.1, -0.05) is 19.1 Å². The fourth-order valence-electron chi connectivity index (χ4n) is 1.60. The summed E-state index contributed by atoms with van der Waals surface area (Å²) in [6.07, 6.45) is 0.848. The van der Waals surface area contributed by atoms with Gasteiger partial charge in [0.05, 0.1) is 13.0 Å². The molecule has 0 radical (unpaired) electrons. The average Bonchev–Trinajstić information content (AvgIpc) is 2.51. The van der Waals surface area contributed by atoms with Crippen LogP contribution in [0.5, 0.6) is 0 Å². The van der Waals surface area contributed by atoms with E-state index in [9.17, 15) is 14.4 Å². The zero-order chi connectivity index (χ0) is 15.7. The Balaban J connectivity index is 2.34. The highest BCUT2D eigenvalue weighted by atomic mass is 16.5. The predicted octanol–water partition coefficient (Wildman–Crippen LogP) is 1.35. The Hall–Kier alpha value is -2.37. The quantitative estimate of drug-likeness (QED) is 0.612. The molecular formula is C15H20N2O4. The Labute approximate surface area is 123 Å². The topological polar surface area (TPSA) is 84.5 Å². The second kappa shape index (κ2) is 8.73. The SMILES string of the molecule is CCOC(=O)CCC(=O)NNC(=O)c1ccc(CC)cc1. The molecule has 6 nitrogen and oxygen atoms in total. The molecule has 0 atom stereocenters. The fraction of sp³-hybridized carbons (Fsp3) is 0.400. The second-order valence-corrected chi connectivity index (χ2v) is 4.36. The molecule has 2 amide bonds. The molecule has 0 fully saturated rings. The number of hydrogen-bond donors (Lipinski definition) is 2. The molecule has 0 saturated heterocycles. The summed E-state index contributed by atoms with van der Waals surface area (Å²) in [5.74, 6) is -1.28. The summed E-state index contributed by atoms with van der Waals surface area (Å²) in [7, 11) is 0. The third-order valence-electron chi connectivity index (χ3n) is 2.80. The second-order valence-electron chi connectivity index (χ2n) is 4.36. The Morgan fingerprint density at radius 2 is 1.67 bits per heavy atom. The van der Waals surface area contributed by atoms with Crippen molar-refractivity contribution in [1.82, 2.24) is 10.9 Å². The van der Waals surface area contributed by atoms with E-state index in [1.165, 1.54) is 0 Å². The van der Waals surface area contributed by atoms with Crippen LogP contribution < -0.4 is 10.9 Å². The highest BCUT2D eigenvalue weighted by Crippen LogP contribution is 2.04. The summed E-state index contributed by atoms with van der Waals surface area (Å²) < 4.78 is 4.70. The molecule has 0 bridgehead atoms. The van der Waals surface area contributed by atoms with Crippen LogP contribution in [-0.2, 0) is 20.7 Å². The highest BCUT2D eigenvalue weighted by molar-refractivity contribution is 5.95. The van der Waals surface area contributed by atoms with Crippen LogP contribution in [0.25, 0.3) is 0 Å². The molecule has 1 aromatic rings. The number of rotatable bonds is 6. The van der Waals surface area contributed by atoms with Gasteiger partial charge in [0.2, 0.25) is 5.91 Å². The number of amides is 2. The summed E-state index contributed by atoms with van der Waals surface area (Å²) >= 11 is 0. The van der Waals surface area contributed by atoms with Crippen molar-refractivity contribution in [1.29, 1.82) is 0 Å². The number of carbonyl (C=O) groups is 3. The van der Waals surface area contributed by atoms with Crippen LogP contribution in [0.4, 0.5) is 0 Å². The molecule has 0 unspecified atom stereocenters. The highest BCUT2D eigenvalue weighted by Gasteiger charge is 2.09. The Bertz CT molecular complexity index is 497. The van der Waals surface area contributed by atoms with Crippen LogP contribution in [0.15, 0.2) is 24.3 Å². The van der Waals surface area contributed by atoms with E-state index in [1.807, 2.05) is 19.1 Å². The molecule has 0 aliphatic carbocycles. The molecule has 0 spiro atoms. The van der Waals surface area contributed by atoms with Crippen LogP contribution in [-0.4, -0.2) is 24.4 Å². The van der Waals surface area contributed by atoms with Crippen molar-refractivity contribution in [3.05, 3.63) is 35.4 Å². The maximum absolute atomic E-state index is 11.8. The van der Waals surface area contributed by atoms with E-state index in [1.54, 1.807) is 19.1 Å². The van der Waals surface area contributed by atoms with E-state index < -0.39 is 17.8 Å². The first kappa shape index (κ1) is 16.7. The van der Waals surface area contributed by atoms with Crippen molar-refractivity contribution in [3.8, 4) is 0 Å². The van der Waals surface area contributed by atoms with Crippen molar-refractivity contribution < 1.29 is 19.1 Å². The minimum atomic E-state index is -0.443. The zero-order valence-electron chi connectivity index (χ0n) is 12.3. The Morgan fingerprint density at radius 1 is 1.00 bits per heavy atom. The van der Waals surface area contributed by atoms with Gasteiger partial charge >= 0.3 is 5.97 Å². The average molecular weight is 292 g/mol. The van der Waals surface area contributed by atoms with Crippen LogP contribution in [0.2, 0.25) is 0 Å². The van der Waals surface area contributed by atoms with Gasteiger partial charge in [0.25, 0.3) is 5.91 Å². The first-order valence-electron chi connectivity index (χ1n) is 6.90. The maximum atomic E-state index is 11.8. The van der Waals surface area contributed by atoms with E-state index in [0.717, 1.165) is 12.0 Å². The largest absolute Gasteiger partial charge is 0.466 e. The molecule has 1 rings (SSSR count). The minimum absolute atomic E-state index is 0.0132. The lowest BCUT2D eigenvalue weighted by molar-refractivity contribution is -0.144. The molecule has 1 aromatic carbocycles. The van der Waals surface area contributed by atoms with Gasteiger partial charge in [0.15, 0.2) is 0 Å². The smallest absolute Gasteiger partial charge is 0.306 e. The molecule has 21 heavy (non-hydrogen) atoms. The van der Waals surface area contributed by atoms with Gasteiger partial charge in [0.1, 0.15) is 0 Å². The molecule has 2 N–H and O–H groups in total. The maximum Gasteiger partial charge on any atom is 0.306 e. The monoisotopic (exact) mass is 292 g/mol. The van der Waals surface area contributed by atoms with Crippen LogP contribution in [0.1, 0.15) is 42.6 Å². The summed E-state index contributed by atoms with van der Waals surface area (Å²) in [6.45, 7) is 4.01. The van der Waals surface area contributed by atoms with Crippen molar-refractivity contribution in [3.63, 3.8) is 0 Å². The molecule has 0 heterocycles. The van der Waals surface area contributed by atoms with Crippen molar-refractivity contribution >= 4 is 17.8 Å². The molecule has 0 aliphatic rings. The lowest BCUT2D eigenvalue weighted by Crippen LogP contribution is -2.41. The van der Waals surface area contributed by atoms with Gasteiger partial charge in [-0.3, -0.25) is 25.2 Å². The minimum Gasteiger partial charge on any atom is -0.466 e. The van der Waals surface area contributed by atoms with E-state index in [2.05, 4.69) is 10.9 Å². The summed E-state index contributed by atoms with van der Waals surface area (Å²) in [5.41, 5.74) is 6.15. The Kier molecular flexibility index (Phi) is 6.94. The van der Waals surface area contributed by atoms with Crippen molar-refractivity contribution in [2.45, 2.75) is 33.1 Å². The van der Waals surface area contributed by atoms with Gasteiger partial charge in [-0.05, 0) is 31.0 Å². The summed E-state index contributed by atoms with van der Waals surface area (Å²) in [6, 6.07) is 7.10. The number of esters is 1. The third-order valence-corrected chi connectivity index (χ3v) is 2.80. The van der Waals surface area contributed by atoms with Crippen LogP contribution >= 0.6 is 0 Å². The first-order valence-corrected chi connectivity index (χ1v) is 6.90. The molecule has 6 heteroatoms. The van der Waals surface area contributed by atoms with Gasteiger partial charge in [0, 0.05) is 12.0 Å². The van der Waals surface area contributed by atoms with E-state index in [0.29, 0.717) is 5.56 Å². The molecule has 0 aliphatic heterocycles. The lowest BCUT2D eigenvalue weighted by Gasteiger charge is -2.07. The number of hydrogen-bond acceptors (Lipinski definition) is 4. The zero-order valence-corrected chi connectivity index (χ0v) is 12.3. The number of aryl methyl sites for hydroxylation is 1. The molecule has 0 saturated carbocycles. The molecule has 0 aromatic heterocycles. The predicted molar refractivity (Wildman–Crippen MR) is 77.3 cm³/mol. The van der Waals surface area contributed by atoms with E-state index in [-0.39, 0.29) is 19.4 Å². The lowest BCUT2D eigenvalue weighted by atomic mass is 10.1. The van der Waals surface area contributed by atoms with Crippen molar-refractivity contribution in [2.75, 3.05) is 6.61 Å². The number of ether oxygens (including phenoxy) is 1. The first-order chi connectivity index (χ1) is 10.1. The molecule has 114 valence electrons. The van der Waals surface area contributed by atoms with E-state index in [4.69, 9.17) is 4.74 Å². The van der Waals surface area contributed by atoms with E-state index >= 15 is 0 Å². The third kappa shape index (κ3) is 6.07. The molecular weight excluding hydrogens is 272 g/mol. The van der Waals surface area contributed by atoms with Gasteiger partial charge < -0.3 is 4.74 Å². The van der Waals surface area contributed by atoms with Gasteiger partial charge in [-0.2, -0.15) is 0 Å². The number of benzene rings is 1. The van der Waals surface area contributed by atoms with Crippen LogP contribution in [0.3, 0.4) is 0 Å². The van der Waals surface area contributed by atoms with Gasteiger partial charge in [-0.25, -0.2) is 0 Å². The van der Waals surface area contributed by atoms with Crippen LogP contribution in [0, 0.1) is 0 Å².